The number of hydrogen-bond donors (Lipinski definition) is 2. The smallest absolute Gasteiger partial charge is 0.407 e. The largest absolute Gasteiger partial charge is 0.427 e. The molecule has 0 spiro atoms. The first-order valence-corrected chi connectivity index (χ1v) is 7.82. The van der Waals surface area contributed by atoms with E-state index in [2.05, 4.69) is 4.98 Å². The van der Waals surface area contributed by atoms with Crippen molar-refractivity contribution in [3.05, 3.63) is 87.0 Å². The Morgan fingerprint density at radius 1 is 1.12 bits per heavy atom. The van der Waals surface area contributed by atoms with Crippen LogP contribution in [-0.2, 0) is 6.54 Å². The number of H-pyrrole nitrogens is 1. The molecule has 3 N–H and O–H groups in total. The molecular weight excluding hydrogens is 336 g/mol. The molecular formula is C18H14N4O4. The van der Waals surface area contributed by atoms with Crippen LogP contribution in [0, 0.1) is 0 Å². The Labute approximate surface area is 146 Å². The molecule has 8 heteroatoms. The minimum atomic E-state index is -0.837. The lowest BCUT2D eigenvalue weighted by Crippen LogP contribution is -2.28. The van der Waals surface area contributed by atoms with Crippen LogP contribution in [-0.4, -0.2) is 20.0 Å². The number of aromatic nitrogens is 3. The van der Waals surface area contributed by atoms with Gasteiger partial charge in [0, 0.05) is 18.0 Å². The van der Waals surface area contributed by atoms with E-state index in [0.29, 0.717) is 5.69 Å². The zero-order valence-electron chi connectivity index (χ0n) is 13.5. The maximum Gasteiger partial charge on any atom is 0.427 e. The van der Waals surface area contributed by atoms with Crippen molar-refractivity contribution in [2.75, 3.05) is 5.73 Å². The van der Waals surface area contributed by atoms with Crippen molar-refractivity contribution in [2.24, 2.45) is 0 Å². The summed E-state index contributed by atoms with van der Waals surface area (Å²) in [6, 6.07) is 13.8. The minimum absolute atomic E-state index is 0.0560. The Kier molecular flexibility index (Phi) is 3.58. The number of carbonyl (C=O) groups is 1. The highest BCUT2D eigenvalue weighted by Gasteiger charge is 2.22. The predicted molar refractivity (Wildman–Crippen MR) is 95.2 cm³/mol. The summed E-state index contributed by atoms with van der Waals surface area (Å²) in [6.07, 6.45) is 1.29. The SMILES string of the molecule is Nc1ccc2c(c1)oc(=O)n2C(=O)c1c[nH]c(=O)n1Cc1ccccc1. The van der Waals surface area contributed by atoms with Gasteiger partial charge in [0.05, 0.1) is 12.1 Å². The van der Waals surface area contributed by atoms with Crippen LogP contribution in [0.1, 0.15) is 16.1 Å². The van der Waals surface area contributed by atoms with Crippen LogP contribution in [0.15, 0.2) is 68.7 Å². The standard InChI is InChI=1S/C18H14N4O4/c19-12-6-7-13-15(8-12)26-18(25)22(13)16(23)14-9-20-17(24)21(14)10-11-4-2-1-3-5-11/h1-9H,10,19H2,(H,20,24). The van der Waals surface area contributed by atoms with Crippen LogP contribution in [0.25, 0.3) is 11.1 Å². The first kappa shape index (κ1) is 15.7. The molecule has 0 bridgehead atoms. The first-order chi connectivity index (χ1) is 12.5. The second kappa shape index (κ2) is 5.92. The van der Waals surface area contributed by atoms with Gasteiger partial charge in [0.2, 0.25) is 0 Å². The number of benzene rings is 2. The van der Waals surface area contributed by atoms with Gasteiger partial charge in [-0.3, -0.25) is 9.36 Å². The third-order valence-electron chi connectivity index (χ3n) is 4.08. The Morgan fingerprint density at radius 3 is 2.65 bits per heavy atom. The van der Waals surface area contributed by atoms with Gasteiger partial charge < -0.3 is 15.1 Å². The van der Waals surface area contributed by atoms with Gasteiger partial charge in [0.15, 0.2) is 5.58 Å². The van der Waals surface area contributed by atoms with Crippen molar-refractivity contribution in [2.45, 2.75) is 6.54 Å². The highest BCUT2D eigenvalue weighted by atomic mass is 16.4. The molecule has 0 aliphatic rings. The normalized spacial score (nSPS) is 11.1. The zero-order valence-corrected chi connectivity index (χ0v) is 13.5. The predicted octanol–water partition coefficient (Wildman–Crippen LogP) is 1.40. The molecule has 8 nitrogen and oxygen atoms in total. The molecule has 0 aliphatic heterocycles. The molecule has 4 rings (SSSR count). The average molecular weight is 350 g/mol. The summed E-state index contributed by atoms with van der Waals surface area (Å²) in [5.41, 5.74) is 7.04. The molecule has 0 saturated heterocycles. The number of carbonyl (C=O) groups excluding carboxylic acids is 1. The summed E-state index contributed by atoms with van der Waals surface area (Å²) in [7, 11) is 0. The van der Waals surface area contributed by atoms with Gasteiger partial charge in [-0.25, -0.2) is 14.2 Å². The van der Waals surface area contributed by atoms with Crippen LogP contribution in [0.5, 0.6) is 0 Å². The molecule has 0 fully saturated rings. The third-order valence-corrected chi connectivity index (χ3v) is 4.08. The minimum Gasteiger partial charge on any atom is -0.407 e. The van der Waals surface area contributed by atoms with E-state index in [0.717, 1.165) is 10.1 Å². The number of rotatable bonds is 3. The van der Waals surface area contributed by atoms with E-state index in [-0.39, 0.29) is 23.3 Å². The van der Waals surface area contributed by atoms with E-state index < -0.39 is 17.4 Å². The van der Waals surface area contributed by atoms with E-state index >= 15 is 0 Å². The quantitative estimate of drug-likeness (QED) is 0.542. The Bertz CT molecular complexity index is 1230. The number of nitrogen functional groups attached to an aromatic ring is 1. The fourth-order valence-electron chi connectivity index (χ4n) is 2.84. The average Bonchev–Trinajstić information content (AvgIpc) is 3.14. The molecule has 0 amide bonds. The van der Waals surface area contributed by atoms with Gasteiger partial charge in [-0.15, -0.1) is 0 Å². The number of nitrogens with zero attached hydrogens (tertiary/aromatic N) is 2. The number of anilines is 1. The number of nitrogens with one attached hydrogen (secondary N) is 1. The lowest BCUT2D eigenvalue weighted by atomic mass is 10.2. The van der Waals surface area contributed by atoms with E-state index in [9.17, 15) is 14.4 Å². The lowest BCUT2D eigenvalue weighted by Gasteiger charge is -2.07. The number of fused-ring (bicyclic) bond motifs is 1. The maximum atomic E-state index is 12.9. The van der Waals surface area contributed by atoms with Crippen LogP contribution >= 0.6 is 0 Å². The highest BCUT2D eigenvalue weighted by molar-refractivity contribution is 5.99. The molecule has 0 aliphatic carbocycles. The van der Waals surface area contributed by atoms with Gasteiger partial charge in [0.1, 0.15) is 5.69 Å². The molecule has 0 saturated carbocycles. The van der Waals surface area contributed by atoms with Gasteiger partial charge in [-0.2, -0.15) is 0 Å². The van der Waals surface area contributed by atoms with Crippen molar-refractivity contribution in [3.8, 4) is 0 Å². The second-order valence-electron chi connectivity index (χ2n) is 5.79. The number of oxazole rings is 1. The highest BCUT2D eigenvalue weighted by Crippen LogP contribution is 2.17. The fourth-order valence-corrected chi connectivity index (χ4v) is 2.84. The summed E-state index contributed by atoms with van der Waals surface area (Å²) in [5.74, 6) is -1.50. The van der Waals surface area contributed by atoms with Crippen molar-refractivity contribution in [3.63, 3.8) is 0 Å². The van der Waals surface area contributed by atoms with Crippen molar-refractivity contribution >= 4 is 22.7 Å². The summed E-state index contributed by atoms with van der Waals surface area (Å²) in [5, 5.41) is 0. The number of nitrogens with two attached hydrogens (primary N) is 1. The van der Waals surface area contributed by atoms with Crippen LogP contribution in [0.3, 0.4) is 0 Å². The van der Waals surface area contributed by atoms with Gasteiger partial charge in [-0.05, 0) is 17.7 Å². The van der Waals surface area contributed by atoms with Crippen LogP contribution in [0.4, 0.5) is 5.69 Å². The molecule has 2 aromatic carbocycles. The maximum absolute atomic E-state index is 12.9. The molecule has 2 heterocycles. The topological polar surface area (TPSA) is 116 Å². The Balaban J connectivity index is 1.82. The molecule has 4 aromatic rings. The van der Waals surface area contributed by atoms with Crippen LogP contribution < -0.4 is 17.2 Å². The van der Waals surface area contributed by atoms with Gasteiger partial charge in [0.25, 0.3) is 5.91 Å². The van der Waals surface area contributed by atoms with Crippen molar-refractivity contribution < 1.29 is 9.21 Å². The number of aromatic amines is 1. The fraction of sp³-hybridized carbons (Fsp3) is 0.0556. The Hall–Kier alpha value is -3.81. The summed E-state index contributed by atoms with van der Waals surface area (Å²) < 4.78 is 7.26. The van der Waals surface area contributed by atoms with E-state index in [1.54, 1.807) is 6.07 Å². The molecule has 26 heavy (non-hydrogen) atoms. The molecule has 2 aromatic heterocycles. The van der Waals surface area contributed by atoms with Crippen molar-refractivity contribution in [1.29, 1.82) is 0 Å². The van der Waals surface area contributed by atoms with Crippen LogP contribution in [0.2, 0.25) is 0 Å². The molecule has 0 radical (unpaired) electrons. The van der Waals surface area contributed by atoms with E-state index in [4.69, 9.17) is 10.2 Å². The molecule has 130 valence electrons. The molecule has 0 unspecified atom stereocenters. The summed E-state index contributed by atoms with van der Waals surface area (Å²) in [4.78, 5) is 39.8. The summed E-state index contributed by atoms with van der Waals surface area (Å²) >= 11 is 0. The number of hydrogen-bond acceptors (Lipinski definition) is 5. The summed E-state index contributed by atoms with van der Waals surface area (Å²) in [6.45, 7) is 0.196. The van der Waals surface area contributed by atoms with E-state index in [1.807, 2.05) is 30.3 Å². The third kappa shape index (κ3) is 2.53. The lowest BCUT2D eigenvalue weighted by molar-refractivity contribution is 0.0947. The van der Waals surface area contributed by atoms with Gasteiger partial charge >= 0.3 is 11.4 Å². The zero-order chi connectivity index (χ0) is 18.3. The van der Waals surface area contributed by atoms with Gasteiger partial charge in [-0.1, -0.05) is 30.3 Å². The van der Waals surface area contributed by atoms with Crippen molar-refractivity contribution in [1.82, 2.24) is 14.1 Å². The Morgan fingerprint density at radius 2 is 1.88 bits per heavy atom. The number of imidazole rings is 1. The second-order valence-corrected chi connectivity index (χ2v) is 5.79. The van der Waals surface area contributed by atoms with E-state index in [1.165, 1.54) is 22.9 Å². The molecule has 0 atom stereocenters. The monoisotopic (exact) mass is 350 g/mol. The first-order valence-electron chi connectivity index (χ1n) is 7.82.